The van der Waals surface area contributed by atoms with Gasteiger partial charge >= 0.3 is 5.97 Å². The predicted octanol–water partition coefficient (Wildman–Crippen LogP) is 3.68. The van der Waals surface area contributed by atoms with Gasteiger partial charge in [0.1, 0.15) is 6.10 Å². The molecule has 0 spiro atoms. The molecular formula is C17H31NO3. The summed E-state index contributed by atoms with van der Waals surface area (Å²) in [7, 11) is 1.75. The Bertz CT molecular complexity index is 317. The number of likely N-dealkylation sites (tertiary alicyclic amines) is 1. The highest BCUT2D eigenvalue weighted by Crippen LogP contribution is 2.14. The molecule has 1 rings (SSSR count). The molecule has 0 aromatic heterocycles. The standard InChI is InChI=1S/C17H31NO3/c1-3-4-5-6-7-8-9-10-11-12-17(20)21-15-13-16(19)18(2)14-15/h15H,3-14H2,1-2H3. The predicted molar refractivity (Wildman–Crippen MR) is 84.0 cm³/mol. The van der Waals surface area contributed by atoms with Gasteiger partial charge in [0.25, 0.3) is 0 Å². The third-order valence-corrected chi connectivity index (χ3v) is 4.09. The van der Waals surface area contributed by atoms with E-state index in [0.29, 0.717) is 19.4 Å². The molecule has 0 aromatic rings. The molecule has 1 amide bonds. The van der Waals surface area contributed by atoms with Gasteiger partial charge in [0.2, 0.25) is 5.91 Å². The smallest absolute Gasteiger partial charge is 0.306 e. The normalized spacial score (nSPS) is 18.3. The van der Waals surface area contributed by atoms with E-state index < -0.39 is 0 Å². The summed E-state index contributed by atoms with van der Waals surface area (Å²) in [5.74, 6) is -0.0816. The number of hydrogen-bond acceptors (Lipinski definition) is 3. The molecule has 1 unspecified atom stereocenters. The lowest BCUT2D eigenvalue weighted by Gasteiger charge is -2.11. The number of nitrogens with zero attached hydrogens (tertiary/aromatic N) is 1. The average molecular weight is 297 g/mol. The molecule has 4 nitrogen and oxygen atoms in total. The Hall–Kier alpha value is -1.06. The summed E-state index contributed by atoms with van der Waals surface area (Å²) in [4.78, 5) is 24.6. The van der Waals surface area contributed by atoms with Crippen LogP contribution in [-0.4, -0.2) is 36.5 Å². The third-order valence-electron chi connectivity index (χ3n) is 4.09. The van der Waals surface area contributed by atoms with Crippen LogP contribution in [0.3, 0.4) is 0 Å². The fourth-order valence-electron chi connectivity index (χ4n) is 2.73. The summed E-state index contributed by atoms with van der Waals surface area (Å²) in [5.41, 5.74) is 0. The molecule has 4 heteroatoms. The van der Waals surface area contributed by atoms with E-state index in [2.05, 4.69) is 6.92 Å². The lowest BCUT2D eigenvalue weighted by molar-refractivity contribution is -0.148. The van der Waals surface area contributed by atoms with Crippen LogP contribution in [0.4, 0.5) is 0 Å². The number of unbranched alkanes of at least 4 members (excludes halogenated alkanes) is 8. The van der Waals surface area contributed by atoms with Crippen molar-refractivity contribution < 1.29 is 14.3 Å². The Kier molecular flexibility index (Phi) is 9.11. The average Bonchev–Trinajstić information content (AvgIpc) is 2.75. The summed E-state index contributed by atoms with van der Waals surface area (Å²) in [5, 5.41) is 0. The van der Waals surface area contributed by atoms with Crippen LogP contribution >= 0.6 is 0 Å². The van der Waals surface area contributed by atoms with E-state index in [9.17, 15) is 9.59 Å². The Balaban J connectivity index is 1.91. The van der Waals surface area contributed by atoms with Crippen LogP contribution in [0, 0.1) is 0 Å². The van der Waals surface area contributed by atoms with E-state index in [0.717, 1.165) is 12.8 Å². The molecule has 1 heterocycles. The maximum atomic E-state index is 11.7. The van der Waals surface area contributed by atoms with E-state index >= 15 is 0 Å². The number of ether oxygens (including phenoxy) is 1. The molecule has 0 radical (unpaired) electrons. The first-order chi connectivity index (χ1) is 10.1. The van der Waals surface area contributed by atoms with Crippen molar-refractivity contribution in [3.05, 3.63) is 0 Å². The lowest BCUT2D eigenvalue weighted by atomic mass is 10.1. The molecule has 1 fully saturated rings. The Morgan fingerprint density at radius 1 is 1.10 bits per heavy atom. The molecule has 1 aliphatic rings. The molecule has 21 heavy (non-hydrogen) atoms. The van der Waals surface area contributed by atoms with Crippen molar-refractivity contribution in [2.24, 2.45) is 0 Å². The number of carbonyl (C=O) groups excluding carboxylic acids is 2. The second kappa shape index (κ2) is 10.6. The zero-order valence-corrected chi connectivity index (χ0v) is 13.7. The molecule has 0 N–H and O–H groups in total. The van der Waals surface area contributed by atoms with Crippen LogP contribution in [-0.2, 0) is 14.3 Å². The molecule has 0 aliphatic carbocycles. The van der Waals surface area contributed by atoms with Gasteiger partial charge < -0.3 is 9.64 Å². The van der Waals surface area contributed by atoms with Crippen molar-refractivity contribution in [3.8, 4) is 0 Å². The summed E-state index contributed by atoms with van der Waals surface area (Å²) in [6, 6.07) is 0. The number of carbonyl (C=O) groups is 2. The van der Waals surface area contributed by atoms with Gasteiger partial charge in [0.15, 0.2) is 0 Å². The van der Waals surface area contributed by atoms with Gasteiger partial charge in [-0.1, -0.05) is 58.3 Å². The maximum Gasteiger partial charge on any atom is 0.306 e. The molecule has 0 saturated carbocycles. The second-order valence-electron chi connectivity index (χ2n) is 6.17. The number of hydrogen-bond donors (Lipinski definition) is 0. The van der Waals surface area contributed by atoms with Crippen LogP contribution in [0.25, 0.3) is 0 Å². The number of rotatable bonds is 11. The Labute approximate surface area is 129 Å². The minimum Gasteiger partial charge on any atom is -0.460 e. The van der Waals surface area contributed by atoms with Crippen LogP contribution in [0.5, 0.6) is 0 Å². The van der Waals surface area contributed by atoms with Crippen LogP contribution in [0.2, 0.25) is 0 Å². The van der Waals surface area contributed by atoms with Crippen LogP contribution in [0.1, 0.15) is 77.6 Å². The van der Waals surface area contributed by atoms with E-state index in [1.165, 1.54) is 44.9 Å². The van der Waals surface area contributed by atoms with Gasteiger partial charge in [-0.15, -0.1) is 0 Å². The van der Waals surface area contributed by atoms with E-state index in [1.807, 2.05) is 0 Å². The molecule has 0 aromatic carbocycles. The first-order valence-corrected chi connectivity index (χ1v) is 8.57. The highest BCUT2D eigenvalue weighted by atomic mass is 16.5. The number of likely N-dealkylation sites (N-methyl/N-ethyl adjacent to an activating group) is 1. The van der Waals surface area contributed by atoms with Crippen molar-refractivity contribution in [1.82, 2.24) is 4.90 Å². The highest BCUT2D eigenvalue weighted by molar-refractivity contribution is 5.79. The first-order valence-electron chi connectivity index (χ1n) is 8.57. The van der Waals surface area contributed by atoms with Gasteiger partial charge in [-0.2, -0.15) is 0 Å². The minimum absolute atomic E-state index is 0.0656. The highest BCUT2D eigenvalue weighted by Gasteiger charge is 2.29. The van der Waals surface area contributed by atoms with Crippen molar-refractivity contribution in [2.45, 2.75) is 83.7 Å². The lowest BCUT2D eigenvalue weighted by Crippen LogP contribution is -2.23. The van der Waals surface area contributed by atoms with Crippen LogP contribution < -0.4 is 0 Å². The fraction of sp³-hybridized carbons (Fsp3) is 0.882. The Morgan fingerprint density at radius 3 is 2.19 bits per heavy atom. The summed E-state index contributed by atoms with van der Waals surface area (Å²) >= 11 is 0. The van der Waals surface area contributed by atoms with Gasteiger partial charge in [0.05, 0.1) is 13.0 Å². The number of esters is 1. The molecular weight excluding hydrogens is 266 g/mol. The van der Waals surface area contributed by atoms with Crippen molar-refractivity contribution in [1.29, 1.82) is 0 Å². The number of amides is 1. The van der Waals surface area contributed by atoms with E-state index in [4.69, 9.17) is 4.74 Å². The Morgan fingerprint density at radius 2 is 1.67 bits per heavy atom. The minimum atomic E-state index is -0.228. The quantitative estimate of drug-likeness (QED) is 0.432. The SMILES string of the molecule is CCCCCCCCCCCC(=O)OC1CC(=O)N(C)C1. The van der Waals surface area contributed by atoms with Crippen molar-refractivity contribution in [3.63, 3.8) is 0 Å². The monoisotopic (exact) mass is 297 g/mol. The molecule has 0 bridgehead atoms. The zero-order chi connectivity index (χ0) is 15.5. The van der Waals surface area contributed by atoms with Gasteiger partial charge in [-0.25, -0.2) is 0 Å². The second-order valence-corrected chi connectivity index (χ2v) is 6.17. The maximum absolute atomic E-state index is 11.7. The van der Waals surface area contributed by atoms with Gasteiger partial charge in [-0.05, 0) is 6.42 Å². The summed E-state index contributed by atoms with van der Waals surface area (Å²) in [6.45, 7) is 2.78. The van der Waals surface area contributed by atoms with Gasteiger partial charge in [-0.3, -0.25) is 9.59 Å². The van der Waals surface area contributed by atoms with Gasteiger partial charge in [0, 0.05) is 13.5 Å². The van der Waals surface area contributed by atoms with Crippen molar-refractivity contribution >= 4 is 11.9 Å². The first kappa shape index (κ1) is 18.0. The molecule has 1 aliphatic heterocycles. The summed E-state index contributed by atoms with van der Waals surface area (Å²) < 4.78 is 5.32. The molecule has 1 atom stereocenters. The van der Waals surface area contributed by atoms with Crippen molar-refractivity contribution in [2.75, 3.05) is 13.6 Å². The molecule has 122 valence electrons. The molecule has 1 saturated heterocycles. The zero-order valence-electron chi connectivity index (χ0n) is 13.7. The van der Waals surface area contributed by atoms with E-state index in [-0.39, 0.29) is 18.0 Å². The summed E-state index contributed by atoms with van der Waals surface area (Å²) in [6.07, 6.45) is 11.8. The fourth-order valence-corrected chi connectivity index (χ4v) is 2.73. The largest absolute Gasteiger partial charge is 0.460 e. The van der Waals surface area contributed by atoms with E-state index in [1.54, 1.807) is 11.9 Å². The van der Waals surface area contributed by atoms with Crippen LogP contribution in [0.15, 0.2) is 0 Å². The third kappa shape index (κ3) is 8.08. The topological polar surface area (TPSA) is 46.6 Å².